The molecule has 2 aromatic carbocycles. The van der Waals surface area contributed by atoms with Crippen molar-refractivity contribution in [2.45, 2.75) is 12.6 Å². The zero-order valence-electron chi connectivity index (χ0n) is 16.1. The van der Waals surface area contributed by atoms with Crippen molar-refractivity contribution in [2.75, 3.05) is 30.8 Å². The maximum atomic E-state index is 12.6. The number of rotatable bonds is 9. The Bertz CT molecular complexity index is 1090. The minimum absolute atomic E-state index is 0.0794. The van der Waals surface area contributed by atoms with Crippen molar-refractivity contribution in [3.63, 3.8) is 0 Å². The minimum atomic E-state index is -4.36. The second kappa shape index (κ2) is 8.97. The Morgan fingerprint density at radius 1 is 1.07 bits per heavy atom. The summed E-state index contributed by atoms with van der Waals surface area (Å²) in [7, 11) is -2.13. The van der Waals surface area contributed by atoms with Gasteiger partial charge in [-0.25, -0.2) is 8.42 Å². The highest BCUT2D eigenvalue weighted by Crippen LogP contribution is 2.30. The maximum absolute atomic E-state index is 12.6. The Labute approximate surface area is 172 Å². The highest BCUT2D eigenvalue weighted by atomic mass is 32.2. The van der Waals surface area contributed by atoms with Gasteiger partial charge in [0.1, 0.15) is 5.75 Å². The van der Waals surface area contributed by atoms with Crippen molar-refractivity contribution >= 4 is 26.6 Å². The lowest BCUT2D eigenvalue weighted by molar-refractivity contribution is -0.137. The van der Waals surface area contributed by atoms with Crippen molar-refractivity contribution < 1.29 is 31.1 Å². The fraction of sp³-hybridized carbons (Fsp3) is 0.300. The predicted molar refractivity (Wildman–Crippen MR) is 108 cm³/mol. The Morgan fingerprint density at radius 2 is 1.80 bits per heavy atom. The number of ether oxygens (including phenoxy) is 2. The van der Waals surface area contributed by atoms with E-state index in [9.17, 15) is 21.6 Å². The first-order valence-electron chi connectivity index (χ1n) is 9.07. The summed E-state index contributed by atoms with van der Waals surface area (Å²) in [6.45, 7) is 0.339. The van der Waals surface area contributed by atoms with Gasteiger partial charge in [0.25, 0.3) is 0 Å². The Kier molecular flexibility index (Phi) is 6.57. The first-order chi connectivity index (χ1) is 14.2. The summed E-state index contributed by atoms with van der Waals surface area (Å²) in [5.74, 6) is 0.353. The zero-order valence-corrected chi connectivity index (χ0v) is 16.9. The van der Waals surface area contributed by atoms with E-state index in [2.05, 4.69) is 9.71 Å². The number of nitrogens with one attached hydrogen (secondary N) is 2. The standard InChI is InChI=1S/C20H21F3N2O4S/c1-28-10-11-30(26,27)25-19-13-24-18-7-6-16(12-17(18)19)29-9-8-14-2-4-15(5-3-14)20(21,22)23/h2-7,12-13,24-25H,8-11H2,1H3. The average molecular weight is 442 g/mol. The molecule has 0 saturated carbocycles. The van der Waals surface area contributed by atoms with Crippen LogP contribution in [0.25, 0.3) is 10.9 Å². The van der Waals surface area contributed by atoms with E-state index in [4.69, 9.17) is 9.47 Å². The third kappa shape index (κ3) is 5.67. The molecule has 0 unspecified atom stereocenters. The molecule has 0 fully saturated rings. The molecule has 0 aliphatic heterocycles. The van der Waals surface area contributed by atoms with Crippen molar-refractivity contribution in [3.05, 3.63) is 59.8 Å². The van der Waals surface area contributed by atoms with Gasteiger partial charge < -0.3 is 14.5 Å². The Morgan fingerprint density at radius 3 is 2.47 bits per heavy atom. The van der Waals surface area contributed by atoms with E-state index < -0.39 is 21.8 Å². The SMILES string of the molecule is COCCS(=O)(=O)Nc1c[nH]c2ccc(OCCc3ccc(C(F)(F)F)cc3)cc12. The highest BCUT2D eigenvalue weighted by molar-refractivity contribution is 7.92. The number of hydrogen-bond acceptors (Lipinski definition) is 4. The molecule has 0 aliphatic rings. The number of fused-ring (bicyclic) bond motifs is 1. The fourth-order valence-corrected chi connectivity index (χ4v) is 3.82. The van der Waals surface area contributed by atoms with Gasteiger partial charge in [0.05, 0.1) is 30.2 Å². The van der Waals surface area contributed by atoms with Crippen LogP contribution >= 0.6 is 0 Å². The molecule has 0 saturated heterocycles. The summed E-state index contributed by atoms with van der Waals surface area (Å²) in [5, 5.41) is 0.642. The van der Waals surface area contributed by atoms with Gasteiger partial charge in [-0.2, -0.15) is 13.2 Å². The van der Waals surface area contributed by atoms with Gasteiger partial charge in [0.15, 0.2) is 0 Å². The summed E-state index contributed by atoms with van der Waals surface area (Å²) in [5.41, 5.74) is 1.16. The second-order valence-electron chi connectivity index (χ2n) is 6.62. The number of aromatic nitrogens is 1. The van der Waals surface area contributed by atoms with Gasteiger partial charge in [-0.1, -0.05) is 12.1 Å². The first-order valence-corrected chi connectivity index (χ1v) is 10.7. The van der Waals surface area contributed by atoms with Gasteiger partial charge in [-0.3, -0.25) is 4.72 Å². The van der Waals surface area contributed by atoms with Crippen molar-refractivity contribution in [2.24, 2.45) is 0 Å². The lowest BCUT2D eigenvalue weighted by Crippen LogP contribution is -2.19. The number of sulfonamides is 1. The maximum Gasteiger partial charge on any atom is 0.416 e. The molecule has 1 heterocycles. The number of aromatic amines is 1. The number of halogens is 3. The van der Waals surface area contributed by atoms with Crippen LogP contribution in [0.4, 0.5) is 18.9 Å². The van der Waals surface area contributed by atoms with Crippen LogP contribution in [0, 0.1) is 0 Å². The molecule has 0 spiro atoms. The molecule has 162 valence electrons. The molecule has 0 amide bonds. The lowest BCUT2D eigenvalue weighted by Gasteiger charge is -2.10. The van der Waals surface area contributed by atoms with E-state index in [0.717, 1.165) is 23.2 Å². The van der Waals surface area contributed by atoms with Crippen LogP contribution in [0.1, 0.15) is 11.1 Å². The zero-order chi connectivity index (χ0) is 21.8. The molecular weight excluding hydrogens is 421 g/mol. The second-order valence-corrected chi connectivity index (χ2v) is 8.46. The van der Waals surface area contributed by atoms with Gasteiger partial charge in [0, 0.05) is 30.6 Å². The first kappa shape index (κ1) is 22.0. The molecule has 3 rings (SSSR count). The lowest BCUT2D eigenvalue weighted by atomic mass is 10.1. The number of H-pyrrole nitrogens is 1. The summed E-state index contributed by atoms with van der Waals surface area (Å²) in [4.78, 5) is 2.99. The molecule has 0 bridgehead atoms. The third-order valence-corrected chi connectivity index (χ3v) is 5.65. The molecular formula is C20H21F3N2O4S. The van der Waals surface area contributed by atoms with Crippen molar-refractivity contribution in [1.82, 2.24) is 4.98 Å². The fourth-order valence-electron chi connectivity index (χ4n) is 2.83. The summed E-state index contributed by atoms with van der Waals surface area (Å²) < 4.78 is 75.1. The van der Waals surface area contributed by atoms with Gasteiger partial charge in [0.2, 0.25) is 10.0 Å². The van der Waals surface area contributed by atoms with Crippen LogP contribution < -0.4 is 9.46 Å². The van der Waals surface area contributed by atoms with Crippen molar-refractivity contribution in [3.8, 4) is 5.75 Å². The van der Waals surface area contributed by atoms with Crippen LogP contribution in [-0.4, -0.2) is 39.5 Å². The van der Waals surface area contributed by atoms with Crippen LogP contribution in [-0.2, 0) is 27.4 Å². The minimum Gasteiger partial charge on any atom is -0.493 e. The van der Waals surface area contributed by atoms with E-state index in [1.54, 1.807) is 24.4 Å². The van der Waals surface area contributed by atoms with E-state index in [-0.39, 0.29) is 19.0 Å². The smallest absolute Gasteiger partial charge is 0.416 e. The number of hydrogen-bond donors (Lipinski definition) is 2. The van der Waals surface area contributed by atoms with E-state index in [0.29, 0.717) is 23.2 Å². The van der Waals surface area contributed by atoms with Crippen LogP contribution in [0.2, 0.25) is 0 Å². The van der Waals surface area contributed by atoms with Crippen LogP contribution in [0.15, 0.2) is 48.7 Å². The quantitative estimate of drug-likeness (QED) is 0.521. The molecule has 2 N–H and O–H groups in total. The Balaban J connectivity index is 1.64. The summed E-state index contributed by atoms with van der Waals surface area (Å²) in [6, 6.07) is 10.1. The summed E-state index contributed by atoms with van der Waals surface area (Å²) >= 11 is 0. The third-order valence-electron chi connectivity index (χ3n) is 4.42. The number of methoxy groups -OCH3 is 1. The number of anilines is 1. The van der Waals surface area contributed by atoms with Crippen LogP contribution in [0.5, 0.6) is 5.75 Å². The van der Waals surface area contributed by atoms with E-state index in [1.165, 1.54) is 19.2 Å². The average Bonchev–Trinajstić information content (AvgIpc) is 3.08. The van der Waals surface area contributed by atoms with E-state index in [1.807, 2.05) is 0 Å². The number of benzene rings is 2. The monoisotopic (exact) mass is 442 g/mol. The molecule has 6 nitrogen and oxygen atoms in total. The largest absolute Gasteiger partial charge is 0.493 e. The molecule has 10 heteroatoms. The van der Waals surface area contributed by atoms with Gasteiger partial charge >= 0.3 is 6.18 Å². The normalized spacial score (nSPS) is 12.3. The molecule has 0 aliphatic carbocycles. The molecule has 30 heavy (non-hydrogen) atoms. The summed E-state index contributed by atoms with van der Waals surface area (Å²) in [6.07, 6.45) is -2.37. The Hall–Kier alpha value is -2.72. The van der Waals surface area contributed by atoms with Crippen molar-refractivity contribution in [1.29, 1.82) is 0 Å². The molecule has 1 aromatic heterocycles. The van der Waals surface area contributed by atoms with Gasteiger partial charge in [-0.05, 0) is 35.9 Å². The van der Waals surface area contributed by atoms with E-state index >= 15 is 0 Å². The predicted octanol–water partition coefficient (Wildman–Crippen LogP) is 4.20. The topological polar surface area (TPSA) is 80.4 Å². The number of alkyl halides is 3. The van der Waals surface area contributed by atoms with Crippen LogP contribution in [0.3, 0.4) is 0 Å². The molecule has 3 aromatic rings. The molecule has 0 atom stereocenters. The van der Waals surface area contributed by atoms with Gasteiger partial charge in [-0.15, -0.1) is 0 Å². The highest BCUT2D eigenvalue weighted by Gasteiger charge is 2.29. The molecule has 0 radical (unpaired) electrons.